The number of carbonyl (C=O) groups is 1. The minimum atomic E-state index is -2.99. The van der Waals surface area contributed by atoms with E-state index in [0.717, 1.165) is 12.7 Å². The molecule has 1 unspecified atom stereocenters. The average molecular weight is 236 g/mol. The molecule has 90 valence electrons. The lowest BCUT2D eigenvalue weighted by molar-refractivity contribution is -0.120. The lowest BCUT2D eigenvalue weighted by atomic mass is 10.2. The van der Waals surface area contributed by atoms with Crippen molar-refractivity contribution in [2.24, 2.45) is 0 Å². The van der Waals surface area contributed by atoms with E-state index in [1.54, 1.807) is 0 Å². The SMILES string of the molecule is CCC(C)NCC(=O)NCCS(C)(=O)=O. The summed E-state index contributed by atoms with van der Waals surface area (Å²) in [4.78, 5) is 11.2. The van der Waals surface area contributed by atoms with Gasteiger partial charge in [0.25, 0.3) is 0 Å². The summed E-state index contributed by atoms with van der Waals surface area (Å²) in [5.41, 5.74) is 0. The fourth-order valence-electron chi connectivity index (χ4n) is 0.850. The molecule has 0 aliphatic carbocycles. The molecule has 0 saturated carbocycles. The molecule has 5 nitrogen and oxygen atoms in total. The number of sulfone groups is 1. The fraction of sp³-hybridized carbons (Fsp3) is 0.889. The van der Waals surface area contributed by atoms with Gasteiger partial charge in [-0.25, -0.2) is 8.42 Å². The standard InChI is InChI=1S/C9H20N2O3S/c1-4-8(2)11-7-9(12)10-5-6-15(3,13)14/h8,11H,4-7H2,1-3H3,(H,10,12). The van der Waals surface area contributed by atoms with Crippen LogP contribution in [0.4, 0.5) is 0 Å². The number of nitrogens with one attached hydrogen (secondary N) is 2. The van der Waals surface area contributed by atoms with Gasteiger partial charge in [-0.1, -0.05) is 6.92 Å². The van der Waals surface area contributed by atoms with Crippen LogP contribution in [0.3, 0.4) is 0 Å². The van der Waals surface area contributed by atoms with Crippen LogP contribution in [0.2, 0.25) is 0 Å². The van der Waals surface area contributed by atoms with E-state index in [1.165, 1.54) is 0 Å². The minimum Gasteiger partial charge on any atom is -0.354 e. The van der Waals surface area contributed by atoms with Gasteiger partial charge in [0.05, 0.1) is 12.3 Å². The van der Waals surface area contributed by atoms with Gasteiger partial charge in [0, 0.05) is 18.8 Å². The second kappa shape index (κ2) is 6.79. The van der Waals surface area contributed by atoms with Crippen molar-refractivity contribution in [2.45, 2.75) is 26.3 Å². The molecule has 1 amide bonds. The van der Waals surface area contributed by atoms with Crippen LogP contribution in [0, 0.1) is 0 Å². The molecule has 0 fully saturated rings. The van der Waals surface area contributed by atoms with Gasteiger partial charge in [-0.3, -0.25) is 4.79 Å². The Hall–Kier alpha value is -0.620. The minimum absolute atomic E-state index is 0.0118. The summed E-state index contributed by atoms with van der Waals surface area (Å²) in [6, 6.07) is 0.297. The van der Waals surface area contributed by atoms with Gasteiger partial charge in [0.1, 0.15) is 9.84 Å². The predicted octanol–water partition coefficient (Wildman–Crippen LogP) is -0.465. The molecule has 0 spiro atoms. The highest BCUT2D eigenvalue weighted by Gasteiger charge is 2.05. The van der Waals surface area contributed by atoms with E-state index in [0.29, 0.717) is 6.04 Å². The molecule has 2 N–H and O–H groups in total. The lowest BCUT2D eigenvalue weighted by Gasteiger charge is -2.10. The molecule has 1 atom stereocenters. The highest BCUT2D eigenvalue weighted by atomic mass is 32.2. The summed E-state index contributed by atoms with van der Waals surface area (Å²) in [5, 5.41) is 5.56. The van der Waals surface area contributed by atoms with Crippen LogP contribution in [0.25, 0.3) is 0 Å². The van der Waals surface area contributed by atoms with Crippen molar-refractivity contribution in [2.75, 3.05) is 25.1 Å². The molecule has 0 aliphatic rings. The zero-order valence-electron chi connectivity index (χ0n) is 9.54. The molecule has 15 heavy (non-hydrogen) atoms. The van der Waals surface area contributed by atoms with Crippen molar-refractivity contribution in [1.82, 2.24) is 10.6 Å². The Bertz CT molecular complexity index is 288. The van der Waals surface area contributed by atoms with Crippen molar-refractivity contribution in [1.29, 1.82) is 0 Å². The summed E-state index contributed by atoms with van der Waals surface area (Å²) in [5.74, 6) is -0.179. The van der Waals surface area contributed by atoms with Crippen LogP contribution in [0.1, 0.15) is 20.3 Å². The second-order valence-corrected chi connectivity index (χ2v) is 5.93. The summed E-state index contributed by atoms with van der Waals surface area (Å²) in [6.45, 7) is 4.43. The quantitative estimate of drug-likeness (QED) is 0.627. The Morgan fingerprint density at radius 2 is 2.00 bits per heavy atom. The maximum absolute atomic E-state index is 11.2. The smallest absolute Gasteiger partial charge is 0.233 e. The summed E-state index contributed by atoms with van der Waals surface area (Å²) < 4.78 is 21.5. The first kappa shape index (κ1) is 14.4. The van der Waals surface area contributed by atoms with Crippen LogP contribution in [0.15, 0.2) is 0 Å². The molecule has 6 heteroatoms. The van der Waals surface area contributed by atoms with Crippen LogP contribution in [-0.4, -0.2) is 45.5 Å². The fourth-order valence-corrected chi connectivity index (χ4v) is 1.32. The van der Waals surface area contributed by atoms with Crippen molar-refractivity contribution < 1.29 is 13.2 Å². The average Bonchev–Trinajstić information content (AvgIpc) is 2.12. The van der Waals surface area contributed by atoms with Crippen LogP contribution < -0.4 is 10.6 Å². The van der Waals surface area contributed by atoms with E-state index in [9.17, 15) is 13.2 Å². The third-order valence-electron chi connectivity index (χ3n) is 2.02. The highest BCUT2D eigenvalue weighted by molar-refractivity contribution is 7.90. The molecule has 0 aromatic heterocycles. The Morgan fingerprint density at radius 3 is 2.47 bits per heavy atom. The van der Waals surface area contributed by atoms with Gasteiger partial charge in [-0.15, -0.1) is 0 Å². The second-order valence-electron chi connectivity index (χ2n) is 3.67. The van der Waals surface area contributed by atoms with Crippen molar-refractivity contribution in [3.05, 3.63) is 0 Å². The van der Waals surface area contributed by atoms with Crippen molar-refractivity contribution >= 4 is 15.7 Å². The third-order valence-corrected chi connectivity index (χ3v) is 2.96. The Balaban J connectivity index is 3.59. The Labute approximate surface area is 91.5 Å². The van der Waals surface area contributed by atoms with Gasteiger partial charge in [-0.2, -0.15) is 0 Å². The molecule has 0 heterocycles. The maximum Gasteiger partial charge on any atom is 0.233 e. The van der Waals surface area contributed by atoms with Crippen LogP contribution in [0.5, 0.6) is 0 Å². The normalized spacial score (nSPS) is 13.5. The lowest BCUT2D eigenvalue weighted by Crippen LogP contribution is -2.39. The Morgan fingerprint density at radius 1 is 1.40 bits per heavy atom. The molecule has 0 rings (SSSR count). The summed E-state index contributed by atoms with van der Waals surface area (Å²) >= 11 is 0. The highest BCUT2D eigenvalue weighted by Crippen LogP contribution is 1.86. The number of amides is 1. The first-order valence-corrected chi connectivity index (χ1v) is 7.09. The molecule has 0 bridgehead atoms. The van der Waals surface area contributed by atoms with Crippen molar-refractivity contribution in [3.63, 3.8) is 0 Å². The predicted molar refractivity (Wildman–Crippen MR) is 60.5 cm³/mol. The number of hydrogen-bond acceptors (Lipinski definition) is 4. The molecule has 0 aliphatic heterocycles. The number of carbonyl (C=O) groups excluding carboxylic acids is 1. The van der Waals surface area contributed by atoms with E-state index >= 15 is 0 Å². The summed E-state index contributed by atoms with van der Waals surface area (Å²) in [7, 11) is -2.99. The monoisotopic (exact) mass is 236 g/mol. The van der Waals surface area contributed by atoms with Crippen molar-refractivity contribution in [3.8, 4) is 0 Å². The van der Waals surface area contributed by atoms with E-state index in [1.807, 2.05) is 13.8 Å². The van der Waals surface area contributed by atoms with Crippen LogP contribution in [-0.2, 0) is 14.6 Å². The first-order chi connectivity index (χ1) is 6.85. The van der Waals surface area contributed by atoms with Gasteiger partial charge in [0.15, 0.2) is 0 Å². The zero-order chi connectivity index (χ0) is 11.9. The molecule has 0 saturated heterocycles. The van der Waals surface area contributed by atoms with E-state index in [2.05, 4.69) is 10.6 Å². The molecule has 0 aromatic carbocycles. The van der Waals surface area contributed by atoms with E-state index < -0.39 is 9.84 Å². The molecule has 0 radical (unpaired) electrons. The van der Waals surface area contributed by atoms with E-state index in [4.69, 9.17) is 0 Å². The molecular weight excluding hydrogens is 216 g/mol. The van der Waals surface area contributed by atoms with Crippen LogP contribution >= 0.6 is 0 Å². The van der Waals surface area contributed by atoms with Gasteiger partial charge < -0.3 is 10.6 Å². The number of hydrogen-bond donors (Lipinski definition) is 2. The number of rotatable bonds is 7. The first-order valence-electron chi connectivity index (χ1n) is 5.03. The Kier molecular flexibility index (Phi) is 6.51. The zero-order valence-corrected chi connectivity index (χ0v) is 10.4. The van der Waals surface area contributed by atoms with E-state index in [-0.39, 0.29) is 24.7 Å². The van der Waals surface area contributed by atoms with Gasteiger partial charge >= 0.3 is 0 Å². The maximum atomic E-state index is 11.2. The third kappa shape index (κ3) is 9.68. The largest absolute Gasteiger partial charge is 0.354 e. The molecular formula is C9H20N2O3S. The topological polar surface area (TPSA) is 75.3 Å². The molecule has 0 aromatic rings. The summed E-state index contributed by atoms with van der Waals surface area (Å²) in [6.07, 6.45) is 2.10. The van der Waals surface area contributed by atoms with Gasteiger partial charge in [-0.05, 0) is 13.3 Å². The van der Waals surface area contributed by atoms with Gasteiger partial charge in [0.2, 0.25) is 5.91 Å².